The van der Waals surface area contributed by atoms with Gasteiger partial charge in [0.25, 0.3) is 0 Å². The number of hydrogen-bond donors (Lipinski definition) is 8. The average Bonchev–Trinajstić information content (AvgIpc) is 2.53. The number of carbonyl (C=O) groups excluding carboxylic acids is 3. The predicted octanol–water partition coefficient (Wildman–Crippen LogP) is -3.86. The molecule has 12 nitrogen and oxygen atoms in total. The molecule has 0 rings (SSSR count). The van der Waals surface area contributed by atoms with Gasteiger partial charge >= 0.3 is 5.97 Å². The summed E-state index contributed by atoms with van der Waals surface area (Å²) in [6, 6.07) is -2.41. The molecule has 0 spiro atoms. The number of thiol groups is 1. The van der Waals surface area contributed by atoms with E-state index in [9.17, 15) is 29.2 Å². The molecule has 0 fully saturated rings. The zero-order valence-corrected chi connectivity index (χ0v) is 16.2. The van der Waals surface area contributed by atoms with Gasteiger partial charge in [0, 0.05) is 12.2 Å². The van der Waals surface area contributed by atoms with Gasteiger partial charge in [-0.15, -0.1) is 0 Å². The lowest BCUT2D eigenvalue weighted by Crippen LogP contribution is -2.51. The second kappa shape index (κ2) is 11.5. The van der Waals surface area contributed by atoms with Crippen LogP contribution in [0.4, 0.5) is 0 Å². The Morgan fingerprint density at radius 1 is 1.26 bits per heavy atom. The molecule has 0 aliphatic heterocycles. The van der Waals surface area contributed by atoms with E-state index in [2.05, 4.69) is 23.3 Å². The quantitative estimate of drug-likeness (QED) is 0.111. The van der Waals surface area contributed by atoms with Crippen molar-refractivity contribution in [1.82, 2.24) is 10.6 Å². The molecule has 0 aromatic heterocycles. The van der Waals surface area contributed by atoms with Gasteiger partial charge < -0.3 is 31.5 Å². The summed E-state index contributed by atoms with van der Waals surface area (Å²) in [4.78, 5) is 75.6. The van der Waals surface area contributed by atoms with Gasteiger partial charge in [0.1, 0.15) is 12.1 Å². The Labute approximate surface area is 161 Å². The summed E-state index contributed by atoms with van der Waals surface area (Å²) in [6.45, 7) is 0.256. The molecule has 2 unspecified atom stereocenters. The number of carboxylic acid groups (broad SMARTS) is 1. The van der Waals surface area contributed by atoms with Crippen LogP contribution in [0.5, 0.6) is 0 Å². The highest BCUT2D eigenvalue weighted by molar-refractivity contribution is 7.80. The normalized spacial score (nSPS) is 16.0. The molecule has 0 aliphatic carbocycles. The van der Waals surface area contributed by atoms with Gasteiger partial charge in [0.05, 0.1) is 12.6 Å². The van der Waals surface area contributed by atoms with Gasteiger partial charge in [0.15, 0.2) is 5.78 Å². The number of hydrogen-bond acceptors (Lipinski definition) is 10. The van der Waals surface area contributed by atoms with Gasteiger partial charge in [-0.25, -0.2) is 9.79 Å². The molecule has 27 heavy (non-hydrogen) atoms. The minimum atomic E-state index is -4.92. The molecular formula is C13H24N3O9PS. The van der Waals surface area contributed by atoms with Gasteiger partial charge in [-0.2, -0.15) is 12.6 Å². The lowest BCUT2D eigenvalue weighted by Gasteiger charge is -2.26. The molecule has 4 atom stereocenters. The summed E-state index contributed by atoms with van der Waals surface area (Å²) in [5, 5.41) is 22.4. The number of ketones is 1. The second-order valence-corrected chi connectivity index (χ2v) is 7.84. The van der Waals surface area contributed by atoms with Crippen LogP contribution in [0.3, 0.4) is 0 Å². The molecule has 8 N–H and O–H groups in total. The number of Topliss-reactive ketones (excluding diaryl/α,β-unsaturated/α-hetero) is 1. The molecule has 0 heterocycles. The topological polar surface area (TPSA) is 222 Å². The van der Waals surface area contributed by atoms with Gasteiger partial charge in [-0.1, -0.05) is 0 Å². The van der Waals surface area contributed by atoms with E-state index < -0.39 is 61.9 Å². The summed E-state index contributed by atoms with van der Waals surface area (Å²) in [7, 11) is -4.92. The number of nitrogens with one attached hydrogen (secondary N) is 2. The van der Waals surface area contributed by atoms with Crippen molar-refractivity contribution in [2.24, 2.45) is 5.73 Å². The summed E-state index contributed by atoms with van der Waals surface area (Å²) in [6.07, 6.45) is -2.04. The molecule has 0 aromatic rings. The summed E-state index contributed by atoms with van der Waals surface area (Å²) < 4.78 is 0. The minimum absolute atomic E-state index is 0.154. The van der Waals surface area contributed by atoms with E-state index >= 15 is 0 Å². The van der Waals surface area contributed by atoms with Crippen LogP contribution >= 0.6 is 20.6 Å². The Kier molecular flexibility index (Phi) is 10.9. The molecule has 0 saturated heterocycles. The Hall–Kier alpha value is -1.34. The minimum Gasteiger partial charge on any atom is -0.631 e. The number of carbonyl (C=O) groups is 4. The Morgan fingerprint density at radius 3 is 2.22 bits per heavy atom. The number of aliphatic hydroxyl groups is 1. The number of rotatable bonds is 12. The molecule has 0 bridgehead atoms. The Morgan fingerprint density at radius 2 is 1.81 bits per heavy atom. The molecule has 0 aliphatic rings. The zero-order chi connectivity index (χ0) is 21.4. The SMILES string of the molecule is CC(O)C(C(=O)CNC(=O)[C@H](CS)NC(=O)CC[C@H](N)C(=O)O)[P+]([O-])(O)O. The molecule has 0 radical (unpaired) electrons. The lowest BCUT2D eigenvalue weighted by molar-refractivity contribution is -0.212. The molecule has 14 heteroatoms. The highest BCUT2D eigenvalue weighted by atomic mass is 32.1. The van der Waals surface area contributed by atoms with E-state index in [1.165, 1.54) is 0 Å². The van der Waals surface area contributed by atoms with E-state index in [0.29, 0.717) is 0 Å². The third kappa shape index (κ3) is 9.42. The van der Waals surface area contributed by atoms with E-state index in [1.807, 2.05) is 0 Å². The van der Waals surface area contributed by atoms with Crippen LogP contribution in [0, 0.1) is 0 Å². The van der Waals surface area contributed by atoms with Gasteiger partial charge in [-0.3, -0.25) is 19.2 Å². The molecular weight excluding hydrogens is 405 g/mol. The van der Waals surface area contributed by atoms with Crippen LogP contribution in [-0.4, -0.2) is 79.7 Å². The van der Waals surface area contributed by atoms with E-state index in [1.54, 1.807) is 0 Å². The van der Waals surface area contributed by atoms with Crippen molar-refractivity contribution in [3.63, 3.8) is 0 Å². The van der Waals surface area contributed by atoms with Gasteiger partial charge in [0.2, 0.25) is 25.4 Å². The van der Waals surface area contributed by atoms with E-state index in [0.717, 1.165) is 6.92 Å². The van der Waals surface area contributed by atoms with Crippen molar-refractivity contribution in [2.75, 3.05) is 12.3 Å². The maximum atomic E-state index is 12.0. The van der Waals surface area contributed by atoms with Crippen LogP contribution < -0.4 is 21.3 Å². The average molecular weight is 429 g/mol. The first kappa shape index (κ1) is 25.7. The number of aliphatic carboxylic acids is 1. The molecule has 0 saturated carbocycles. The fourth-order valence-electron chi connectivity index (χ4n) is 2.01. The second-order valence-electron chi connectivity index (χ2n) is 5.74. The fraction of sp³-hybridized carbons (Fsp3) is 0.692. The van der Waals surface area contributed by atoms with Crippen molar-refractivity contribution in [3.8, 4) is 0 Å². The van der Waals surface area contributed by atoms with Crippen molar-refractivity contribution in [2.45, 2.75) is 43.6 Å². The van der Waals surface area contributed by atoms with Crippen molar-refractivity contribution < 1.29 is 44.1 Å². The predicted molar refractivity (Wildman–Crippen MR) is 95.5 cm³/mol. The van der Waals surface area contributed by atoms with E-state index in [-0.39, 0.29) is 18.6 Å². The number of nitrogens with two attached hydrogens (primary N) is 1. The smallest absolute Gasteiger partial charge is 0.320 e. The monoisotopic (exact) mass is 429 g/mol. The first-order valence-corrected chi connectivity index (χ1v) is 10.0. The molecule has 0 aromatic carbocycles. The highest BCUT2D eigenvalue weighted by Gasteiger charge is 2.43. The lowest BCUT2D eigenvalue weighted by atomic mass is 10.1. The maximum Gasteiger partial charge on any atom is 0.320 e. The zero-order valence-electron chi connectivity index (χ0n) is 14.4. The standard InChI is InChI=1S/C13H24N3O9PS/c1-6(17)11(26(23,24)25)9(18)4-15-12(20)8(5-27)16-10(19)3-2-7(14)13(21)22/h6-8,11,17,27H,2-5,14H2,1H3,(H,15,20)(H,16,19)(H,21,22)(H2,23,24,25)/t6?,7-,8-,11?/m0/s1. The van der Waals surface area contributed by atoms with Crippen molar-refractivity contribution >= 4 is 44.1 Å². The Bertz CT molecular complexity index is 556. The number of amides is 2. The molecule has 2 amide bonds. The molecule has 156 valence electrons. The summed E-state index contributed by atoms with van der Waals surface area (Å²) in [5.41, 5.74) is 3.27. The van der Waals surface area contributed by atoms with Crippen molar-refractivity contribution in [1.29, 1.82) is 0 Å². The number of carboxylic acids is 1. The van der Waals surface area contributed by atoms with Crippen LogP contribution in [0.25, 0.3) is 0 Å². The van der Waals surface area contributed by atoms with Crippen LogP contribution in [-0.2, 0) is 19.2 Å². The van der Waals surface area contributed by atoms with Crippen LogP contribution in [0.1, 0.15) is 19.8 Å². The highest BCUT2D eigenvalue weighted by Crippen LogP contribution is 2.47. The van der Waals surface area contributed by atoms with E-state index in [4.69, 9.17) is 20.6 Å². The Balaban J connectivity index is 4.66. The number of aliphatic hydroxyl groups excluding tert-OH is 1. The first-order chi connectivity index (χ1) is 12.3. The van der Waals surface area contributed by atoms with Crippen LogP contribution in [0.2, 0.25) is 0 Å². The third-order valence-corrected chi connectivity index (χ3v) is 5.23. The largest absolute Gasteiger partial charge is 0.631 e. The first-order valence-electron chi connectivity index (χ1n) is 7.73. The fourth-order valence-corrected chi connectivity index (χ4v) is 3.30. The maximum absolute atomic E-state index is 12.0. The van der Waals surface area contributed by atoms with Crippen molar-refractivity contribution in [3.05, 3.63) is 0 Å². The third-order valence-electron chi connectivity index (χ3n) is 3.42. The van der Waals surface area contributed by atoms with Crippen LogP contribution in [0.15, 0.2) is 0 Å². The van der Waals surface area contributed by atoms with Gasteiger partial charge in [-0.05, 0) is 13.3 Å². The summed E-state index contributed by atoms with van der Waals surface area (Å²) in [5.74, 6) is -4.02. The summed E-state index contributed by atoms with van der Waals surface area (Å²) >= 11 is 3.89.